The predicted molar refractivity (Wildman–Crippen MR) is 113 cm³/mol. The third kappa shape index (κ3) is 5.86. The normalized spacial score (nSPS) is 17.8. The van der Waals surface area contributed by atoms with Gasteiger partial charge in [0.05, 0.1) is 12.1 Å². The topological polar surface area (TPSA) is 61.4 Å². The predicted octanol–water partition coefficient (Wildman–Crippen LogP) is 3.60. The van der Waals surface area contributed by atoms with E-state index < -0.39 is 23.8 Å². The quantitative estimate of drug-likeness (QED) is 0.616. The summed E-state index contributed by atoms with van der Waals surface area (Å²) in [6, 6.07) is 9.33. The third-order valence-electron chi connectivity index (χ3n) is 5.74. The molecule has 0 aliphatic heterocycles. The molecule has 2 aromatic carbocycles. The van der Waals surface area contributed by atoms with E-state index in [0.29, 0.717) is 5.56 Å². The van der Waals surface area contributed by atoms with Crippen LogP contribution in [0.4, 0.5) is 8.78 Å². The van der Waals surface area contributed by atoms with Gasteiger partial charge in [-0.05, 0) is 66.5 Å². The van der Waals surface area contributed by atoms with Crippen LogP contribution in [0, 0.1) is 11.6 Å². The Balaban J connectivity index is 1.69. The van der Waals surface area contributed by atoms with E-state index in [1.165, 1.54) is 35.7 Å². The molecular weight excluding hydrogens is 386 g/mol. The molecule has 3 N–H and O–H groups in total. The van der Waals surface area contributed by atoms with Crippen LogP contribution in [0.1, 0.15) is 55.0 Å². The minimum atomic E-state index is -0.903. The van der Waals surface area contributed by atoms with Crippen molar-refractivity contribution in [1.82, 2.24) is 10.6 Å². The van der Waals surface area contributed by atoms with Gasteiger partial charge in [-0.1, -0.05) is 25.1 Å². The first-order chi connectivity index (χ1) is 14.4. The van der Waals surface area contributed by atoms with E-state index in [-0.39, 0.29) is 24.9 Å². The average molecular weight is 417 g/mol. The lowest BCUT2D eigenvalue weighted by Crippen LogP contribution is -2.48. The summed E-state index contributed by atoms with van der Waals surface area (Å²) in [4.78, 5) is 11.6. The molecule has 1 aliphatic carbocycles. The van der Waals surface area contributed by atoms with Crippen molar-refractivity contribution in [2.75, 3.05) is 6.54 Å². The molecule has 3 rings (SSSR count). The summed E-state index contributed by atoms with van der Waals surface area (Å²) in [5, 5.41) is 16.9. The van der Waals surface area contributed by atoms with Crippen LogP contribution in [0.5, 0.6) is 0 Å². The van der Waals surface area contributed by atoms with Crippen molar-refractivity contribution in [3.8, 4) is 0 Å². The summed E-state index contributed by atoms with van der Waals surface area (Å²) in [6.45, 7) is 3.76. The molecule has 2 aromatic rings. The zero-order chi connectivity index (χ0) is 21.7. The highest BCUT2D eigenvalue weighted by Crippen LogP contribution is 2.30. The molecule has 3 atom stereocenters. The second kappa shape index (κ2) is 10.1. The summed E-state index contributed by atoms with van der Waals surface area (Å²) < 4.78 is 27.1. The lowest BCUT2D eigenvalue weighted by atomic mass is 9.86. The highest BCUT2D eigenvalue weighted by atomic mass is 19.1. The number of nitrogens with one attached hydrogen (secondary N) is 2. The number of halogens is 2. The Morgan fingerprint density at radius 1 is 1.17 bits per heavy atom. The smallest absolute Gasteiger partial charge is 0.217 e. The molecule has 0 bridgehead atoms. The summed E-state index contributed by atoms with van der Waals surface area (Å²) in [6.07, 6.45) is 3.31. The van der Waals surface area contributed by atoms with Crippen LogP contribution in [0.3, 0.4) is 0 Å². The Morgan fingerprint density at radius 2 is 1.90 bits per heavy atom. The van der Waals surface area contributed by atoms with Gasteiger partial charge in [0.15, 0.2) is 0 Å². The monoisotopic (exact) mass is 416 g/mol. The highest BCUT2D eigenvalue weighted by Gasteiger charge is 2.25. The number of carbonyl (C=O) groups is 1. The average Bonchev–Trinajstić information content (AvgIpc) is 2.70. The molecule has 0 unspecified atom stereocenters. The molecule has 1 aliphatic rings. The van der Waals surface area contributed by atoms with Gasteiger partial charge in [0.2, 0.25) is 5.91 Å². The number of amides is 1. The van der Waals surface area contributed by atoms with Crippen LogP contribution in [-0.2, 0) is 24.1 Å². The van der Waals surface area contributed by atoms with Crippen molar-refractivity contribution in [3.05, 3.63) is 70.3 Å². The van der Waals surface area contributed by atoms with Gasteiger partial charge in [0.25, 0.3) is 0 Å². The number of fused-ring (bicyclic) bond motifs is 1. The van der Waals surface area contributed by atoms with E-state index in [0.717, 1.165) is 31.7 Å². The van der Waals surface area contributed by atoms with Crippen molar-refractivity contribution >= 4 is 5.91 Å². The molecule has 0 saturated carbocycles. The first kappa shape index (κ1) is 22.4. The van der Waals surface area contributed by atoms with Gasteiger partial charge in [-0.3, -0.25) is 4.79 Å². The Hall–Kier alpha value is -2.31. The van der Waals surface area contributed by atoms with Crippen LogP contribution >= 0.6 is 0 Å². The lowest BCUT2D eigenvalue weighted by molar-refractivity contribution is -0.120. The second-order valence-electron chi connectivity index (χ2n) is 8.10. The summed E-state index contributed by atoms with van der Waals surface area (Å²) >= 11 is 0. The standard InChI is InChI=1S/C24H30F2N2O2/c1-3-16-7-8-18-5-4-6-22(21(18)11-16)27-14-24(30)23(28-15(2)29)12-17-9-19(25)13-20(26)10-17/h7-11,13,22-24,27,30H,3-6,12,14H2,1-2H3,(H,28,29)/t22-,23-,24-/m0/s1. The van der Waals surface area contributed by atoms with Crippen LogP contribution in [-0.4, -0.2) is 29.7 Å². The second-order valence-corrected chi connectivity index (χ2v) is 8.10. The van der Waals surface area contributed by atoms with Gasteiger partial charge in [-0.15, -0.1) is 0 Å². The number of carbonyl (C=O) groups excluding carboxylic acids is 1. The number of aryl methyl sites for hydroxylation is 2. The molecule has 162 valence electrons. The maximum atomic E-state index is 13.5. The number of rotatable bonds is 8. The molecule has 0 radical (unpaired) electrons. The number of aliphatic hydroxyl groups is 1. The van der Waals surface area contributed by atoms with E-state index in [4.69, 9.17) is 0 Å². The molecule has 4 nitrogen and oxygen atoms in total. The molecule has 6 heteroatoms. The number of benzene rings is 2. The summed E-state index contributed by atoms with van der Waals surface area (Å²) in [5.74, 6) is -1.65. The van der Waals surface area contributed by atoms with Gasteiger partial charge in [0, 0.05) is 25.6 Å². The molecule has 0 aromatic heterocycles. The zero-order valence-corrected chi connectivity index (χ0v) is 17.6. The molecule has 30 heavy (non-hydrogen) atoms. The fourth-order valence-electron chi connectivity index (χ4n) is 4.21. The Labute approximate surface area is 176 Å². The first-order valence-corrected chi connectivity index (χ1v) is 10.6. The van der Waals surface area contributed by atoms with Crippen LogP contribution in [0.25, 0.3) is 0 Å². The number of hydrogen-bond donors (Lipinski definition) is 3. The van der Waals surface area contributed by atoms with Crippen molar-refractivity contribution in [2.24, 2.45) is 0 Å². The summed E-state index contributed by atoms with van der Waals surface area (Å²) in [5.41, 5.74) is 4.28. The Morgan fingerprint density at radius 3 is 2.57 bits per heavy atom. The van der Waals surface area contributed by atoms with Gasteiger partial charge in [-0.25, -0.2) is 8.78 Å². The van der Waals surface area contributed by atoms with Gasteiger partial charge in [0.1, 0.15) is 11.6 Å². The summed E-state index contributed by atoms with van der Waals surface area (Å²) in [7, 11) is 0. The third-order valence-corrected chi connectivity index (χ3v) is 5.74. The van der Waals surface area contributed by atoms with Gasteiger partial charge in [-0.2, -0.15) is 0 Å². The number of hydrogen-bond acceptors (Lipinski definition) is 3. The maximum Gasteiger partial charge on any atom is 0.217 e. The molecule has 0 saturated heterocycles. The Bertz CT molecular complexity index is 867. The van der Waals surface area contributed by atoms with Crippen molar-refractivity contribution in [1.29, 1.82) is 0 Å². The zero-order valence-electron chi connectivity index (χ0n) is 17.6. The van der Waals surface area contributed by atoms with E-state index in [2.05, 4.69) is 35.8 Å². The van der Waals surface area contributed by atoms with Crippen molar-refractivity contribution < 1.29 is 18.7 Å². The maximum absolute atomic E-state index is 13.5. The van der Waals surface area contributed by atoms with E-state index in [1.54, 1.807) is 0 Å². The van der Waals surface area contributed by atoms with Gasteiger partial charge < -0.3 is 15.7 Å². The number of aliphatic hydroxyl groups excluding tert-OH is 1. The lowest BCUT2D eigenvalue weighted by Gasteiger charge is -2.30. The van der Waals surface area contributed by atoms with Crippen LogP contribution in [0.2, 0.25) is 0 Å². The van der Waals surface area contributed by atoms with Crippen molar-refractivity contribution in [3.63, 3.8) is 0 Å². The van der Waals surface area contributed by atoms with Crippen LogP contribution < -0.4 is 10.6 Å². The minimum Gasteiger partial charge on any atom is -0.390 e. The fourth-order valence-corrected chi connectivity index (χ4v) is 4.21. The molecule has 0 heterocycles. The SMILES string of the molecule is CCc1ccc2c(c1)[C@@H](NC[C@H](O)[C@H](Cc1cc(F)cc(F)c1)NC(C)=O)CCC2. The minimum absolute atomic E-state index is 0.137. The van der Waals surface area contributed by atoms with Gasteiger partial charge >= 0.3 is 0 Å². The molecular formula is C24H30F2N2O2. The molecule has 0 spiro atoms. The first-order valence-electron chi connectivity index (χ1n) is 10.6. The fraction of sp³-hybridized carbons (Fsp3) is 0.458. The molecule has 1 amide bonds. The molecule has 0 fully saturated rings. The van der Waals surface area contributed by atoms with E-state index in [1.807, 2.05) is 0 Å². The largest absolute Gasteiger partial charge is 0.390 e. The highest BCUT2D eigenvalue weighted by molar-refractivity contribution is 5.73. The Kier molecular flexibility index (Phi) is 7.56. The van der Waals surface area contributed by atoms with E-state index >= 15 is 0 Å². The van der Waals surface area contributed by atoms with Crippen LogP contribution in [0.15, 0.2) is 36.4 Å². The van der Waals surface area contributed by atoms with Crippen molar-refractivity contribution in [2.45, 2.75) is 64.1 Å². The van der Waals surface area contributed by atoms with E-state index in [9.17, 15) is 18.7 Å².